The van der Waals surface area contributed by atoms with Crippen LogP contribution in [0.1, 0.15) is 18.4 Å². The Morgan fingerprint density at radius 2 is 2.09 bits per heavy atom. The topological polar surface area (TPSA) is 60.1 Å². The molecule has 1 aromatic carbocycles. The van der Waals surface area contributed by atoms with E-state index in [-0.39, 0.29) is 24.0 Å². The monoisotopic (exact) mass is 437 g/mol. The van der Waals surface area contributed by atoms with Crippen LogP contribution in [0.15, 0.2) is 17.1 Å². The molecular weight excluding hydrogens is 417 g/mol. The number of nitrogens with zero attached hydrogens (tertiary/aromatic N) is 2. The second-order valence-corrected chi connectivity index (χ2v) is 5.84. The summed E-state index contributed by atoms with van der Waals surface area (Å²) in [7, 11) is 2.00. The van der Waals surface area contributed by atoms with Crippen LogP contribution in [0.25, 0.3) is 0 Å². The quantitative estimate of drug-likeness (QED) is 0.447. The van der Waals surface area contributed by atoms with Crippen molar-refractivity contribution in [2.75, 3.05) is 26.8 Å². The van der Waals surface area contributed by atoms with Gasteiger partial charge in [0.1, 0.15) is 13.2 Å². The van der Waals surface area contributed by atoms with Crippen LogP contribution in [0.5, 0.6) is 11.5 Å². The third-order valence-corrected chi connectivity index (χ3v) is 4.07. The average molecular weight is 438 g/mol. The van der Waals surface area contributed by atoms with Crippen LogP contribution in [0, 0.1) is 0 Å². The van der Waals surface area contributed by atoms with E-state index in [1.807, 2.05) is 19.2 Å². The number of nitrogens with two attached hydrogens (primary N) is 1. The summed E-state index contributed by atoms with van der Waals surface area (Å²) in [6.45, 7) is 1.74. The molecule has 0 aromatic heterocycles. The summed E-state index contributed by atoms with van der Waals surface area (Å²) < 4.78 is 11.1. The summed E-state index contributed by atoms with van der Waals surface area (Å²) in [5.74, 6) is 1.97. The van der Waals surface area contributed by atoms with Gasteiger partial charge < -0.3 is 20.1 Å². The van der Waals surface area contributed by atoms with E-state index >= 15 is 0 Å². The van der Waals surface area contributed by atoms with Gasteiger partial charge in [-0.25, -0.2) is 0 Å². The van der Waals surface area contributed by atoms with Gasteiger partial charge in [-0.1, -0.05) is 11.6 Å². The van der Waals surface area contributed by atoms with E-state index in [2.05, 4.69) is 9.89 Å². The minimum atomic E-state index is 0. The molecule has 5 nitrogen and oxygen atoms in total. The Bertz CT molecular complexity index is 564. The Morgan fingerprint density at radius 3 is 2.82 bits per heavy atom. The van der Waals surface area contributed by atoms with Crippen molar-refractivity contribution < 1.29 is 9.47 Å². The maximum atomic E-state index is 6.22. The van der Waals surface area contributed by atoms with Gasteiger partial charge in [0.2, 0.25) is 0 Å². The van der Waals surface area contributed by atoms with Crippen LogP contribution >= 0.6 is 35.6 Å². The molecule has 1 heterocycles. The van der Waals surface area contributed by atoms with Crippen LogP contribution in [-0.4, -0.2) is 43.7 Å². The van der Waals surface area contributed by atoms with Crippen molar-refractivity contribution in [2.24, 2.45) is 10.7 Å². The Morgan fingerprint density at radius 1 is 1.36 bits per heavy atom. The standard InChI is InChI=1S/C15H20ClN3O2.HI/c1-19(11-2-3-11)15(17)18-5-4-10-8-12(16)14-13(9-10)20-6-7-21-14;/h8-9,11H,2-7H2,1H3,(H2,17,18);1H. The summed E-state index contributed by atoms with van der Waals surface area (Å²) in [4.78, 5) is 6.48. The van der Waals surface area contributed by atoms with Gasteiger partial charge in [-0.3, -0.25) is 4.99 Å². The van der Waals surface area contributed by atoms with Crippen molar-refractivity contribution in [3.8, 4) is 11.5 Å². The Kier molecular flexibility index (Phi) is 6.02. The lowest BCUT2D eigenvalue weighted by molar-refractivity contribution is 0.171. The maximum absolute atomic E-state index is 6.22. The summed E-state index contributed by atoms with van der Waals surface area (Å²) in [6.07, 6.45) is 3.20. The first-order valence-corrected chi connectivity index (χ1v) is 7.63. The summed E-state index contributed by atoms with van der Waals surface area (Å²) in [6, 6.07) is 4.46. The van der Waals surface area contributed by atoms with Crippen molar-refractivity contribution in [3.63, 3.8) is 0 Å². The molecule has 1 aliphatic carbocycles. The van der Waals surface area contributed by atoms with Crippen molar-refractivity contribution in [3.05, 3.63) is 22.7 Å². The van der Waals surface area contributed by atoms with Gasteiger partial charge in [0.15, 0.2) is 17.5 Å². The van der Waals surface area contributed by atoms with Gasteiger partial charge in [0.25, 0.3) is 0 Å². The molecule has 1 saturated carbocycles. The normalized spacial score (nSPS) is 16.9. The van der Waals surface area contributed by atoms with Crippen LogP contribution in [0.3, 0.4) is 0 Å². The van der Waals surface area contributed by atoms with Gasteiger partial charge >= 0.3 is 0 Å². The van der Waals surface area contributed by atoms with Crippen LogP contribution < -0.4 is 15.2 Å². The number of guanidine groups is 1. The zero-order valence-corrected chi connectivity index (χ0v) is 15.6. The summed E-state index contributed by atoms with van der Waals surface area (Å²) in [5.41, 5.74) is 7.05. The van der Waals surface area contributed by atoms with Crippen LogP contribution in [0.4, 0.5) is 0 Å². The fourth-order valence-corrected chi connectivity index (χ4v) is 2.66. The highest BCUT2D eigenvalue weighted by Gasteiger charge is 2.27. The zero-order valence-electron chi connectivity index (χ0n) is 12.5. The smallest absolute Gasteiger partial charge is 0.191 e. The number of ether oxygens (including phenoxy) is 2. The summed E-state index contributed by atoms with van der Waals surface area (Å²) >= 11 is 6.22. The van der Waals surface area contributed by atoms with E-state index in [1.165, 1.54) is 12.8 Å². The fraction of sp³-hybridized carbons (Fsp3) is 0.533. The molecule has 0 saturated heterocycles. The van der Waals surface area contributed by atoms with Gasteiger partial charge in [-0.2, -0.15) is 0 Å². The number of rotatable bonds is 4. The molecule has 1 fully saturated rings. The minimum absolute atomic E-state index is 0. The lowest BCUT2D eigenvalue weighted by Crippen LogP contribution is -2.35. The van der Waals surface area contributed by atoms with E-state index in [4.69, 9.17) is 26.8 Å². The predicted molar refractivity (Wildman–Crippen MR) is 98.8 cm³/mol. The molecule has 7 heteroatoms. The molecule has 2 N–H and O–H groups in total. The molecule has 0 bridgehead atoms. The SMILES string of the molecule is CN(C(N)=NCCc1cc(Cl)c2c(c1)OCCO2)C1CC1.I. The molecule has 0 atom stereocenters. The molecule has 0 spiro atoms. The lowest BCUT2D eigenvalue weighted by atomic mass is 10.1. The molecule has 22 heavy (non-hydrogen) atoms. The molecule has 1 aromatic rings. The Labute approximate surface area is 152 Å². The minimum Gasteiger partial charge on any atom is -0.486 e. The molecule has 1 aliphatic heterocycles. The first-order chi connectivity index (χ1) is 10.1. The predicted octanol–water partition coefficient (Wildman–Crippen LogP) is 2.68. The highest BCUT2D eigenvalue weighted by Crippen LogP contribution is 2.38. The lowest BCUT2D eigenvalue weighted by Gasteiger charge is -2.20. The van der Waals surface area contributed by atoms with Gasteiger partial charge in [-0.15, -0.1) is 24.0 Å². The number of aliphatic imine (C=N–C) groups is 1. The molecule has 0 unspecified atom stereocenters. The first-order valence-electron chi connectivity index (χ1n) is 7.26. The second kappa shape index (κ2) is 7.59. The molecule has 122 valence electrons. The Balaban J connectivity index is 0.00000176. The first kappa shape index (κ1) is 17.5. The summed E-state index contributed by atoms with van der Waals surface area (Å²) in [5, 5.41) is 0.592. The molecule has 0 radical (unpaired) electrons. The maximum Gasteiger partial charge on any atom is 0.191 e. The third kappa shape index (κ3) is 4.10. The highest BCUT2D eigenvalue weighted by atomic mass is 127. The molecule has 3 rings (SSSR count). The average Bonchev–Trinajstić information content (AvgIpc) is 3.31. The molecular formula is C15H21ClIN3O2. The van der Waals surface area contributed by atoms with Crippen molar-refractivity contribution in [1.82, 2.24) is 4.90 Å². The van der Waals surface area contributed by atoms with E-state index in [1.54, 1.807) is 0 Å². The van der Waals surface area contributed by atoms with Gasteiger partial charge in [0, 0.05) is 19.6 Å². The third-order valence-electron chi connectivity index (χ3n) is 3.79. The Hall–Kier alpha value is -0.890. The van der Waals surface area contributed by atoms with E-state index in [0.717, 1.165) is 17.7 Å². The number of fused-ring (bicyclic) bond motifs is 1. The van der Waals surface area contributed by atoms with Gasteiger partial charge in [-0.05, 0) is 37.0 Å². The number of hydrogen-bond acceptors (Lipinski definition) is 3. The number of hydrogen-bond donors (Lipinski definition) is 1. The van der Waals surface area contributed by atoms with Gasteiger partial charge in [0.05, 0.1) is 5.02 Å². The second-order valence-electron chi connectivity index (χ2n) is 5.43. The van der Waals surface area contributed by atoms with Crippen molar-refractivity contribution in [2.45, 2.75) is 25.3 Å². The number of halogens is 2. The largest absolute Gasteiger partial charge is 0.486 e. The van der Waals surface area contributed by atoms with Crippen LogP contribution in [-0.2, 0) is 6.42 Å². The van der Waals surface area contributed by atoms with E-state index in [9.17, 15) is 0 Å². The molecule has 0 amide bonds. The van der Waals surface area contributed by atoms with E-state index in [0.29, 0.717) is 42.5 Å². The fourth-order valence-electron chi connectivity index (χ4n) is 2.37. The van der Waals surface area contributed by atoms with Crippen molar-refractivity contribution >= 4 is 41.5 Å². The van der Waals surface area contributed by atoms with Crippen LogP contribution in [0.2, 0.25) is 5.02 Å². The highest BCUT2D eigenvalue weighted by molar-refractivity contribution is 14.0. The number of benzene rings is 1. The van der Waals surface area contributed by atoms with E-state index < -0.39 is 0 Å². The zero-order chi connectivity index (χ0) is 14.8. The van der Waals surface area contributed by atoms with Crippen molar-refractivity contribution in [1.29, 1.82) is 0 Å². The molecule has 2 aliphatic rings.